The van der Waals surface area contributed by atoms with Crippen LogP contribution < -0.4 is 5.73 Å². The molecule has 1 aliphatic rings. The number of rotatable bonds is 3. The second kappa shape index (κ2) is 5.51. The summed E-state index contributed by atoms with van der Waals surface area (Å²) in [5.74, 6) is 2.72. The number of nitrogens with zero attached hydrogens (tertiary/aromatic N) is 2. The van der Waals surface area contributed by atoms with Gasteiger partial charge in [-0.2, -0.15) is 4.98 Å². The van der Waals surface area contributed by atoms with Crippen molar-refractivity contribution >= 4 is 5.69 Å². The van der Waals surface area contributed by atoms with Gasteiger partial charge in [-0.25, -0.2) is 0 Å². The third kappa shape index (κ3) is 2.67. The van der Waals surface area contributed by atoms with Crippen molar-refractivity contribution in [2.75, 3.05) is 5.73 Å². The third-order valence-corrected chi connectivity index (χ3v) is 4.85. The Kier molecular flexibility index (Phi) is 3.70. The molecule has 1 fully saturated rings. The molecule has 0 saturated heterocycles. The Balaban J connectivity index is 1.89. The first-order valence-corrected chi connectivity index (χ1v) is 7.79. The molecule has 21 heavy (non-hydrogen) atoms. The van der Waals surface area contributed by atoms with E-state index in [1.807, 2.05) is 12.1 Å². The van der Waals surface area contributed by atoms with Crippen molar-refractivity contribution in [1.82, 2.24) is 10.1 Å². The Morgan fingerprint density at radius 1 is 1.29 bits per heavy atom. The number of hydrogen-bond acceptors (Lipinski definition) is 4. The van der Waals surface area contributed by atoms with Crippen LogP contribution in [0.3, 0.4) is 0 Å². The molecule has 0 amide bonds. The molecular formula is C17H23N3O. The molecule has 1 heterocycles. The average Bonchev–Trinajstić information content (AvgIpc) is 3.10. The van der Waals surface area contributed by atoms with Gasteiger partial charge in [0.15, 0.2) is 5.82 Å². The van der Waals surface area contributed by atoms with Gasteiger partial charge in [0.1, 0.15) is 0 Å². The average molecular weight is 285 g/mol. The summed E-state index contributed by atoms with van der Waals surface area (Å²) in [5.41, 5.74) is 9.93. The van der Waals surface area contributed by atoms with E-state index in [0.717, 1.165) is 34.1 Å². The number of aromatic nitrogens is 2. The second-order valence-corrected chi connectivity index (χ2v) is 6.25. The van der Waals surface area contributed by atoms with Crippen LogP contribution in [0.25, 0.3) is 11.5 Å². The SMILES string of the molecule is CCC1CCC(c2noc(-c3cc(N)cc(C)c3C)n2)C1. The fourth-order valence-corrected chi connectivity index (χ4v) is 3.30. The molecule has 4 nitrogen and oxygen atoms in total. The van der Waals surface area contributed by atoms with Crippen molar-refractivity contribution in [3.63, 3.8) is 0 Å². The van der Waals surface area contributed by atoms with Gasteiger partial charge in [-0.05, 0) is 62.3 Å². The maximum Gasteiger partial charge on any atom is 0.258 e. The molecule has 0 aliphatic heterocycles. The van der Waals surface area contributed by atoms with E-state index in [9.17, 15) is 0 Å². The second-order valence-electron chi connectivity index (χ2n) is 6.25. The van der Waals surface area contributed by atoms with Crippen LogP contribution in [0.5, 0.6) is 0 Å². The summed E-state index contributed by atoms with van der Waals surface area (Å²) in [6, 6.07) is 3.89. The Labute approximate surface area is 125 Å². The highest BCUT2D eigenvalue weighted by Crippen LogP contribution is 2.39. The monoisotopic (exact) mass is 285 g/mol. The molecular weight excluding hydrogens is 262 g/mol. The molecule has 3 rings (SSSR count). The van der Waals surface area contributed by atoms with Gasteiger partial charge < -0.3 is 10.3 Å². The molecule has 0 radical (unpaired) electrons. The van der Waals surface area contributed by atoms with Crippen LogP contribution in [0.1, 0.15) is 55.5 Å². The van der Waals surface area contributed by atoms with Crippen LogP contribution in [0, 0.1) is 19.8 Å². The lowest BCUT2D eigenvalue weighted by Gasteiger charge is -2.06. The fraction of sp³-hybridized carbons (Fsp3) is 0.529. The van der Waals surface area contributed by atoms with Crippen molar-refractivity contribution in [1.29, 1.82) is 0 Å². The summed E-state index contributed by atoms with van der Waals surface area (Å²) in [7, 11) is 0. The lowest BCUT2D eigenvalue weighted by atomic mass is 10.0. The summed E-state index contributed by atoms with van der Waals surface area (Å²) in [6.07, 6.45) is 4.88. The standard InChI is InChI=1S/C17H23N3O/c1-4-12-5-6-13(8-12)16-19-17(21-20-16)15-9-14(18)7-10(2)11(15)3/h7,9,12-13H,4-6,8,18H2,1-3H3. The molecule has 1 aliphatic carbocycles. The molecule has 1 saturated carbocycles. The first kappa shape index (κ1) is 14.1. The van der Waals surface area contributed by atoms with E-state index < -0.39 is 0 Å². The minimum Gasteiger partial charge on any atom is -0.399 e. The molecule has 2 atom stereocenters. The normalized spacial score (nSPS) is 21.9. The maximum atomic E-state index is 5.94. The molecule has 2 N–H and O–H groups in total. The van der Waals surface area contributed by atoms with E-state index in [0.29, 0.717) is 11.8 Å². The van der Waals surface area contributed by atoms with Gasteiger partial charge >= 0.3 is 0 Å². The Morgan fingerprint density at radius 2 is 2.10 bits per heavy atom. The van der Waals surface area contributed by atoms with Crippen LogP contribution in [0.4, 0.5) is 5.69 Å². The van der Waals surface area contributed by atoms with Gasteiger partial charge in [0.25, 0.3) is 5.89 Å². The molecule has 0 bridgehead atoms. The van der Waals surface area contributed by atoms with Crippen molar-refractivity contribution < 1.29 is 4.52 Å². The van der Waals surface area contributed by atoms with Gasteiger partial charge in [0.2, 0.25) is 0 Å². The molecule has 4 heteroatoms. The Hall–Kier alpha value is -1.84. The van der Waals surface area contributed by atoms with E-state index in [1.54, 1.807) is 0 Å². The largest absolute Gasteiger partial charge is 0.399 e. The third-order valence-electron chi connectivity index (χ3n) is 4.85. The quantitative estimate of drug-likeness (QED) is 0.857. The summed E-state index contributed by atoms with van der Waals surface area (Å²) in [6.45, 7) is 6.37. The van der Waals surface area contributed by atoms with E-state index >= 15 is 0 Å². The first-order valence-electron chi connectivity index (χ1n) is 7.79. The molecule has 0 spiro atoms. The van der Waals surface area contributed by atoms with Crippen molar-refractivity contribution in [2.24, 2.45) is 5.92 Å². The smallest absolute Gasteiger partial charge is 0.258 e. The van der Waals surface area contributed by atoms with E-state index in [4.69, 9.17) is 10.3 Å². The summed E-state index contributed by atoms with van der Waals surface area (Å²) in [4.78, 5) is 4.64. The van der Waals surface area contributed by atoms with Gasteiger partial charge in [-0.3, -0.25) is 0 Å². The number of hydrogen-bond donors (Lipinski definition) is 1. The Bertz CT molecular complexity index is 647. The maximum absolute atomic E-state index is 5.94. The summed E-state index contributed by atoms with van der Waals surface area (Å²) >= 11 is 0. The number of aryl methyl sites for hydroxylation is 1. The predicted molar refractivity (Wildman–Crippen MR) is 84.0 cm³/mol. The lowest BCUT2D eigenvalue weighted by molar-refractivity contribution is 0.413. The zero-order valence-corrected chi connectivity index (χ0v) is 13.0. The van der Waals surface area contributed by atoms with Crippen molar-refractivity contribution in [2.45, 2.75) is 52.4 Å². The number of nitrogen functional groups attached to an aromatic ring is 1. The summed E-state index contributed by atoms with van der Waals surface area (Å²) in [5, 5.41) is 4.22. The summed E-state index contributed by atoms with van der Waals surface area (Å²) < 4.78 is 5.51. The Morgan fingerprint density at radius 3 is 2.81 bits per heavy atom. The van der Waals surface area contributed by atoms with E-state index in [-0.39, 0.29) is 0 Å². The highest BCUT2D eigenvalue weighted by molar-refractivity contribution is 5.66. The molecule has 2 unspecified atom stereocenters. The van der Waals surface area contributed by atoms with Gasteiger partial charge in [0, 0.05) is 17.2 Å². The predicted octanol–water partition coefficient (Wildman–Crippen LogP) is 4.23. The lowest BCUT2D eigenvalue weighted by Crippen LogP contribution is -1.97. The van der Waals surface area contributed by atoms with Crippen LogP contribution in [0.2, 0.25) is 0 Å². The van der Waals surface area contributed by atoms with Crippen LogP contribution >= 0.6 is 0 Å². The number of nitrogens with two attached hydrogens (primary N) is 1. The fourth-order valence-electron chi connectivity index (χ4n) is 3.30. The molecule has 2 aromatic rings. The highest BCUT2D eigenvalue weighted by atomic mass is 16.5. The van der Waals surface area contributed by atoms with Crippen molar-refractivity contribution in [3.8, 4) is 11.5 Å². The van der Waals surface area contributed by atoms with E-state index in [1.165, 1.54) is 25.7 Å². The van der Waals surface area contributed by atoms with Gasteiger partial charge in [0.05, 0.1) is 0 Å². The zero-order valence-electron chi connectivity index (χ0n) is 13.0. The van der Waals surface area contributed by atoms with Crippen LogP contribution in [0.15, 0.2) is 16.7 Å². The van der Waals surface area contributed by atoms with Crippen molar-refractivity contribution in [3.05, 3.63) is 29.1 Å². The zero-order chi connectivity index (χ0) is 15.0. The molecule has 1 aromatic carbocycles. The first-order chi connectivity index (χ1) is 10.1. The van der Waals surface area contributed by atoms with Gasteiger partial charge in [-0.15, -0.1) is 0 Å². The number of anilines is 1. The van der Waals surface area contributed by atoms with Crippen LogP contribution in [-0.4, -0.2) is 10.1 Å². The minimum absolute atomic E-state index is 0.454. The molecule has 1 aromatic heterocycles. The highest BCUT2D eigenvalue weighted by Gasteiger charge is 2.28. The molecule has 112 valence electrons. The van der Waals surface area contributed by atoms with E-state index in [2.05, 4.69) is 30.9 Å². The van der Waals surface area contributed by atoms with Gasteiger partial charge in [-0.1, -0.05) is 18.5 Å². The van der Waals surface area contributed by atoms with Crippen LogP contribution in [-0.2, 0) is 0 Å². The minimum atomic E-state index is 0.454. The number of benzene rings is 1. The topological polar surface area (TPSA) is 64.9 Å².